The maximum absolute atomic E-state index is 12.7. The molecule has 0 atom stereocenters. The number of hydrogen-bond donors (Lipinski definition) is 1. The molecule has 1 aliphatic heterocycles. The number of carbonyl (C=O) groups excluding carboxylic acids is 3. The van der Waals surface area contributed by atoms with Crippen LogP contribution in [0.5, 0.6) is 0 Å². The van der Waals surface area contributed by atoms with Crippen molar-refractivity contribution in [1.29, 1.82) is 0 Å². The minimum atomic E-state index is -0.318. The van der Waals surface area contributed by atoms with E-state index in [4.69, 9.17) is 0 Å². The molecule has 0 saturated carbocycles. The number of hydrogen-bond acceptors (Lipinski definition) is 4. The molecule has 7 nitrogen and oxygen atoms in total. The monoisotopic (exact) mass is 394 g/mol. The Balaban J connectivity index is 1.68. The summed E-state index contributed by atoms with van der Waals surface area (Å²) in [6.45, 7) is 8.35. The van der Waals surface area contributed by atoms with Crippen LogP contribution in [0.1, 0.15) is 47.1 Å². The lowest BCUT2D eigenvalue weighted by Gasteiger charge is -2.32. The fourth-order valence-electron chi connectivity index (χ4n) is 3.15. The van der Waals surface area contributed by atoms with Gasteiger partial charge in [-0.15, -0.1) is 0 Å². The molecule has 1 fully saturated rings. The topological polar surface area (TPSA) is 82.6 Å². The highest BCUT2D eigenvalue weighted by molar-refractivity contribution is 6.05. The van der Waals surface area contributed by atoms with Crippen molar-refractivity contribution in [3.05, 3.63) is 59.4 Å². The van der Waals surface area contributed by atoms with Gasteiger partial charge in [-0.2, -0.15) is 0 Å². The lowest BCUT2D eigenvalue weighted by atomic mass is 9.87. The van der Waals surface area contributed by atoms with Gasteiger partial charge in [0.25, 0.3) is 11.8 Å². The van der Waals surface area contributed by atoms with E-state index in [9.17, 15) is 14.4 Å². The van der Waals surface area contributed by atoms with E-state index >= 15 is 0 Å². The van der Waals surface area contributed by atoms with Gasteiger partial charge in [0.15, 0.2) is 0 Å². The zero-order chi connectivity index (χ0) is 21.0. The molecule has 1 N–H and O–H groups in total. The summed E-state index contributed by atoms with van der Waals surface area (Å²) >= 11 is 0. The van der Waals surface area contributed by atoms with Crippen LogP contribution in [0, 0.1) is 0 Å². The molecule has 1 aliphatic rings. The summed E-state index contributed by atoms with van der Waals surface area (Å²) in [5, 5.41) is 2.85. The highest BCUT2D eigenvalue weighted by Gasteiger charge is 2.22. The van der Waals surface area contributed by atoms with Crippen molar-refractivity contribution in [3.63, 3.8) is 0 Å². The van der Waals surface area contributed by atoms with Crippen LogP contribution in [-0.2, 0) is 10.2 Å². The fourth-order valence-corrected chi connectivity index (χ4v) is 3.15. The smallest absolute Gasteiger partial charge is 0.257 e. The minimum Gasteiger partial charge on any atom is -0.342 e. The average Bonchev–Trinajstić information content (AvgIpc) is 2.73. The highest BCUT2D eigenvalue weighted by Crippen LogP contribution is 2.23. The van der Waals surface area contributed by atoms with E-state index in [1.807, 2.05) is 24.3 Å². The van der Waals surface area contributed by atoms with Crippen molar-refractivity contribution in [2.45, 2.75) is 26.2 Å². The molecule has 0 bridgehead atoms. The molecule has 1 saturated heterocycles. The van der Waals surface area contributed by atoms with Gasteiger partial charge < -0.3 is 15.1 Å². The first-order valence-corrected chi connectivity index (χ1v) is 9.63. The summed E-state index contributed by atoms with van der Waals surface area (Å²) in [4.78, 5) is 43.5. The van der Waals surface area contributed by atoms with Crippen LogP contribution >= 0.6 is 0 Å². The predicted molar refractivity (Wildman–Crippen MR) is 111 cm³/mol. The van der Waals surface area contributed by atoms with Gasteiger partial charge in [-0.05, 0) is 29.2 Å². The molecular weight excluding hydrogens is 368 g/mol. The fraction of sp³-hybridized carbons (Fsp3) is 0.364. The van der Waals surface area contributed by atoms with Crippen LogP contribution in [0.15, 0.2) is 42.7 Å². The van der Waals surface area contributed by atoms with Gasteiger partial charge in [-0.25, -0.2) is 0 Å². The number of anilines is 1. The first-order chi connectivity index (χ1) is 13.8. The molecule has 0 radical (unpaired) electrons. The van der Waals surface area contributed by atoms with Crippen molar-refractivity contribution < 1.29 is 14.4 Å². The molecule has 3 amide bonds. The standard InChI is InChI=1S/C22H26N4O3/c1-22(2,3)18-4-6-19(7-5-18)24-20(28)16-12-17(14-23-13-16)21(29)26-10-8-25(15-27)9-11-26/h4-7,12-15H,8-11H2,1-3H3,(H,24,28). The van der Waals surface area contributed by atoms with E-state index in [1.165, 1.54) is 18.0 Å². The van der Waals surface area contributed by atoms with E-state index in [0.717, 1.165) is 6.41 Å². The molecule has 0 spiro atoms. The number of nitrogens with one attached hydrogen (secondary N) is 1. The summed E-state index contributed by atoms with van der Waals surface area (Å²) in [6, 6.07) is 9.28. The van der Waals surface area contributed by atoms with E-state index in [1.54, 1.807) is 15.9 Å². The number of amides is 3. The average molecular weight is 394 g/mol. The molecule has 1 aromatic heterocycles. The predicted octanol–water partition coefficient (Wildman–Crippen LogP) is 2.55. The first-order valence-electron chi connectivity index (χ1n) is 9.63. The van der Waals surface area contributed by atoms with E-state index in [0.29, 0.717) is 43.0 Å². The van der Waals surface area contributed by atoms with Gasteiger partial charge in [-0.1, -0.05) is 32.9 Å². The molecule has 2 aromatic rings. The molecule has 152 valence electrons. The molecule has 7 heteroatoms. The largest absolute Gasteiger partial charge is 0.342 e. The van der Waals surface area contributed by atoms with Crippen LogP contribution in [0.4, 0.5) is 5.69 Å². The van der Waals surface area contributed by atoms with Gasteiger partial charge in [0.05, 0.1) is 11.1 Å². The second-order valence-electron chi connectivity index (χ2n) is 8.18. The van der Waals surface area contributed by atoms with Crippen molar-refractivity contribution >= 4 is 23.9 Å². The maximum Gasteiger partial charge on any atom is 0.257 e. The Kier molecular flexibility index (Phi) is 5.96. The Morgan fingerprint density at radius 1 is 1.00 bits per heavy atom. The Morgan fingerprint density at radius 3 is 2.21 bits per heavy atom. The Hall–Kier alpha value is -3.22. The highest BCUT2D eigenvalue weighted by atomic mass is 16.2. The van der Waals surface area contributed by atoms with Crippen LogP contribution in [0.2, 0.25) is 0 Å². The van der Waals surface area contributed by atoms with E-state index in [-0.39, 0.29) is 17.2 Å². The van der Waals surface area contributed by atoms with Gasteiger partial charge in [0, 0.05) is 44.3 Å². The van der Waals surface area contributed by atoms with Gasteiger partial charge in [-0.3, -0.25) is 19.4 Å². The summed E-state index contributed by atoms with van der Waals surface area (Å²) in [5.41, 5.74) is 2.59. The minimum absolute atomic E-state index is 0.0400. The molecule has 3 rings (SSSR count). The van der Waals surface area contributed by atoms with Gasteiger partial charge >= 0.3 is 0 Å². The summed E-state index contributed by atoms with van der Waals surface area (Å²) in [6.07, 6.45) is 3.70. The Labute approximate surface area is 170 Å². The quantitative estimate of drug-likeness (QED) is 0.808. The summed E-state index contributed by atoms with van der Waals surface area (Å²) < 4.78 is 0. The maximum atomic E-state index is 12.7. The van der Waals surface area contributed by atoms with E-state index in [2.05, 4.69) is 31.1 Å². The number of benzene rings is 1. The van der Waals surface area contributed by atoms with E-state index < -0.39 is 0 Å². The van der Waals surface area contributed by atoms with Gasteiger partial charge in [0.1, 0.15) is 0 Å². The van der Waals surface area contributed by atoms with Crippen LogP contribution in [-0.4, -0.2) is 59.2 Å². The first kappa shape index (κ1) is 20.5. The second kappa shape index (κ2) is 8.43. The Morgan fingerprint density at radius 2 is 1.62 bits per heavy atom. The molecular formula is C22H26N4O3. The number of piperazine rings is 1. The molecule has 2 heterocycles. The molecule has 0 aliphatic carbocycles. The number of carbonyl (C=O) groups is 3. The van der Waals surface area contributed by atoms with Crippen LogP contribution in [0.3, 0.4) is 0 Å². The van der Waals surface area contributed by atoms with Crippen molar-refractivity contribution in [3.8, 4) is 0 Å². The normalized spacial score (nSPS) is 14.4. The lowest BCUT2D eigenvalue weighted by Crippen LogP contribution is -2.48. The third-order valence-electron chi connectivity index (χ3n) is 5.01. The van der Waals surface area contributed by atoms with Crippen LogP contribution in [0.25, 0.3) is 0 Å². The zero-order valence-corrected chi connectivity index (χ0v) is 17.0. The van der Waals surface area contributed by atoms with Crippen LogP contribution < -0.4 is 5.32 Å². The Bertz CT molecular complexity index is 895. The third kappa shape index (κ3) is 4.99. The number of pyridine rings is 1. The number of nitrogens with zero attached hydrogens (tertiary/aromatic N) is 3. The zero-order valence-electron chi connectivity index (χ0n) is 17.0. The summed E-state index contributed by atoms with van der Waals surface area (Å²) in [5.74, 6) is -0.506. The summed E-state index contributed by atoms with van der Waals surface area (Å²) in [7, 11) is 0. The molecule has 0 unspecified atom stereocenters. The van der Waals surface area contributed by atoms with Crippen molar-refractivity contribution in [2.24, 2.45) is 0 Å². The number of aromatic nitrogens is 1. The van der Waals surface area contributed by atoms with Gasteiger partial charge in [0.2, 0.25) is 6.41 Å². The van der Waals surface area contributed by atoms with Crippen molar-refractivity contribution in [1.82, 2.24) is 14.8 Å². The SMILES string of the molecule is CC(C)(C)c1ccc(NC(=O)c2cncc(C(=O)N3CCN(C=O)CC3)c2)cc1. The number of rotatable bonds is 4. The molecule has 1 aromatic carbocycles. The second-order valence-corrected chi connectivity index (χ2v) is 8.18. The molecule has 29 heavy (non-hydrogen) atoms. The lowest BCUT2D eigenvalue weighted by molar-refractivity contribution is -0.119. The third-order valence-corrected chi connectivity index (χ3v) is 5.01. The van der Waals surface area contributed by atoms with Crippen molar-refractivity contribution in [2.75, 3.05) is 31.5 Å².